The van der Waals surface area contributed by atoms with Crippen molar-refractivity contribution in [2.24, 2.45) is 5.92 Å². The predicted molar refractivity (Wildman–Crippen MR) is 73.1 cm³/mol. The highest BCUT2D eigenvalue weighted by Gasteiger charge is 2.16. The van der Waals surface area contributed by atoms with Crippen molar-refractivity contribution >= 4 is 22.4 Å². The fourth-order valence-corrected chi connectivity index (χ4v) is 2.06. The van der Waals surface area contributed by atoms with Crippen LogP contribution in [0.5, 0.6) is 0 Å². The van der Waals surface area contributed by atoms with Crippen LogP contribution >= 0.6 is 0 Å². The van der Waals surface area contributed by atoms with E-state index in [4.69, 9.17) is 0 Å². The van der Waals surface area contributed by atoms with Crippen molar-refractivity contribution in [3.05, 3.63) is 40.6 Å². The average Bonchev–Trinajstić information content (AvgIpc) is 2.80. The number of hydrogen-bond acceptors (Lipinski definition) is 3. The number of nitrogens with zero attached hydrogens (tertiary/aromatic N) is 2. The summed E-state index contributed by atoms with van der Waals surface area (Å²) in [7, 11) is 0. The number of Topliss-reactive ketones (excluding diaryl/α,β-unsaturated/α-hetero) is 1. The second kappa shape index (κ2) is 5.22. The van der Waals surface area contributed by atoms with Crippen LogP contribution in [0.15, 0.2) is 30.5 Å². The first-order chi connectivity index (χ1) is 9.04. The highest BCUT2D eigenvalue weighted by atomic mass is 16.6. The van der Waals surface area contributed by atoms with Crippen molar-refractivity contribution < 1.29 is 9.72 Å². The lowest BCUT2D eigenvalue weighted by Gasteiger charge is -2.09. The van der Waals surface area contributed by atoms with E-state index < -0.39 is 4.92 Å². The molecule has 1 aromatic heterocycles. The number of non-ortho nitro benzene ring substituents is 1. The van der Waals surface area contributed by atoms with Gasteiger partial charge in [0.25, 0.3) is 5.69 Å². The van der Waals surface area contributed by atoms with Crippen molar-refractivity contribution in [3.63, 3.8) is 0 Å². The molecule has 2 rings (SSSR count). The SMILES string of the molecule is CCC(C)C(=O)Cn1ccc2c([N+](=O)[O-])cccc21. The van der Waals surface area contributed by atoms with Gasteiger partial charge in [-0.3, -0.25) is 14.9 Å². The Bertz CT molecular complexity index is 631. The summed E-state index contributed by atoms with van der Waals surface area (Å²) in [6.07, 6.45) is 2.54. The number of aromatic nitrogens is 1. The number of carbonyl (C=O) groups is 1. The Kier molecular flexibility index (Phi) is 3.64. The van der Waals surface area contributed by atoms with Crippen LogP contribution in [0.2, 0.25) is 0 Å². The lowest BCUT2D eigenvalue weighted by atomic mass is 10.0. The quantitative estimate of drug-likeness (QED) is 0.612. The average molecular weight is 260 g/mol. The van der Waals surface area contributed by atoms with E-state index in [9.17, 15) is 14.9 Å². The summed E-state index contributed by atoms with van der Waals surface area (Å²) in [6, 6.07) is 6.61. The Morgan fingerprint density at radius 1 is 1.42 bits per heavy atom. The largest absolute Gasteiger partial charge is 0.340 e. The van der Waals surface area contributed by atoms with Gasteiger partial charge in [0.2, 0.25) is 0 Å². The van der Waals surface area contributed by atoms with Crippen molar-refractivity contribution in [2.75, 3.05) is 0 Å². The van der Waals surface area contributed by atoms with Crippen molar-refractivity contribution in [1.82, 2.24) is 4.57 Å². The second-order valence-electron chi connectivity index (χ2n) is 4.69. The Balaban J connectivity index is 2.39. The van der Waals surface area contributed by atoms with Crippen molar-refractivity contribution in [1.29, 1.82) is 0 Å². The molecular weight excluding hydrogens is 244 g/mol. The Morgan fingerprint density at radius 2 is 2.16 bits per heavy atom. The monoisotopic (exact) mass is 260 g/mol. The normalized spacial score (nSPS) is 12.5. The van der Waals surface area contributed by atoms with E-state index in [1.165, 1.54) is 6.07 Å². The van der Waals surface area contributed by atoms with E-state index in [0.29, 0.717) is 5.39 Å². The number of nitro benzene ring substituents is 1. The van der Waals surface area contributed by atoms with Gasteiger partial charge in [-0.05, 0) is 18.6 Å². The molecule has 19 heavy (non-hydrogen) atoms. The van der Waals surface area contributed by atoms with Gasteiger partial charge >= 0.3 is 0 Å². The first kappa shape index (κ1) is 13.3. The van der Waals surface area contributed by atoms with Gasteiger partial charge in [-0.15, -0.1) is 0 Å². The molecule has 0 radical (unpaired) electrons. The van der Waals surface area contributed by atoms with Gasteiger partial charge in [-0.2, -0.15) is 0 Å². The Hall–Kier alpha value is -2.17. The fourth-order valence-electron chi connectivity index (χ4n) is 2.06. The highest BCUT2D eigenvalue weighted by Crippen LogP contribution is 2.26. The van der Waals surface area contributed by atoms with Crippen molar-refractivity contribution in [2.45, 2.75) is 26.8 Å². The van der Waals surface area contributed by atoms with Crippen LogP contribution in [-0.4, -0.2) is 15.3 Å². The van der Waals surface area contributed by atoms with Gasteiger partial charge in [-0.25, -0.2) is 0 Å². The van der Waals surface area contributed by atoms with Gasteiger partial charge < -0.3 is 4.57 Å². The maximum Gasteiger partial charge on any atom is 0.278 e. The number of fused-ring (bicyclic) bond motifs is 1. The number of carbonyl (C=O) groups excluding carboxylic acids is 1. The molecular formula is C14H16N2O3. The number of benzene rings is 1. The lowest BCUT2D eigenvalue weighted by molar-refractivity contribution is -0.383. The molecule has 0 N–H and O–H groups in total. The van der Waals surface area contributed by atoms with Gasteiger partial charge in [0, 0.05) is 18.2 Å². The van der Waals surface area contributed by atoms with Crippen LogP contribution in [0.4, 0.5) is 5.69 Å². The lowest BCUT2D eigenvalue weighted by Crippen LogP contribution is -2.16. The molecule has 5 heteroatoms. The molecule has 100 valence electrons. The van der Waals surface area contributed by atoms with E-state index in [0.717, 1.165) is 11.9 Å². The molecule has 2 aromatic rings. The van der Waals surface area contributed by atoms with Crippen LogP contribution in [0.1, 0.15) is 20.3 Å². The minimum absolute atomic E-state index is 0.0103. The topological polar surface area (TPSA) is 65.1 Å². The maximum atomic E-state index is 11.9. The molecule has 0 aliphatic rings. The summed E-state index contributed by atoms with van der Waals surface area (Å²) in [5.74, 6) is 0.155. The summed E-state index contributed by atoms with van der Waals surface area (Å²) in [6.45, 7) is 4.14. The zero-order valence-electron chi connectivity index (χ0n) is 11.0. The standard InChI is InChI=1S/C14H16N2O3/c1-3-10(2)14(17)9-15-8-7-11-12(15)5-4-6-13(11)16(18)19/h4-8,10H,3,9H2,1-2H3. The van der Waals surface area contributed by atoms with E-state index in [-0.39, 0.29) is 23.9 Å². The first-order valence-corrected chi connectivity index (χ1v) is 6.29. The smallest absolute Gasteiger partial charge is 0.278 e. The first-order valence-electron chi connectivity index (χ1n) is 6.29. The van der Waals surface area contributed by atoms with E-state index in [2.05, 4.69) is 0 Å². The molecule has 0 aliphatic heterocycles. The van der Waals surface area contributed by atoms with Crippen LogP contribution < -0.4 is 0 Å². The predicted octanol–water partition coefficient (Wildman–Crippen LogP) is 3.16. The zero-order chi connectivity index (χ0) is 14.0. The number of rotatable bonds is 5. The summed E-state index contributed by atoms with van der Waals surface area (Å²) in [5, 5.41) is 11.5. The molecule has 0 fully saturated rings. The highest BCUT2D eigenvalue weighted by molar-refractivity contribution is 5.90. The Labute approximate surface area is 111 Å². The molecule has 0 saturated carbocycles. The molecule has 0 aliphatic carbocycles. The molecule has 0 amide bonds. The van der Waals surface area contributed by atoms with Crippen LogP contribution in [0.3, 0.4) is 0 Å². The number of nitro groups is 1. The molecule has 0 spiro atoms. The van der Waals surface area contributed by atoms with Gasteiger partial charge in [0.15, 0.2) is 5.78 Å². The molecule has 1 unspecified atom stereocenters. The van der Waals surface area contributed by atoms with Gasteiger partial charge in [-0.1, -0.05) is 19.9 Å². The maximum absolute atomic E-state index is 11.9. The molecule has 0 saturated heterocycles. The van der Waals surface area contributed by atoms with Gasteiger partial charge in [0.05, 0.1) is 22.4 Å². The van der Waals surface area contributed by atoms with E-state index in [1.807, 2.05) is 13.8 Å². The third kappa shape index (κ3) is 2.50. The minimum Gasteiger partial charge on any atom is -0.340 e. The van der Waals surface area contributed by atoms with E-state index >= 15 is 0 Å². The van der Waals surface area contributed by atoms with Gasteiger partial charge in [0.1, 0.15) is 0 Å². The fraction of sp³-hybridized carbons (Fsp3) is 0.357. The summed E-state index contributed by atoms with van der Waals surface area (Å²) in [4.78, 5) is 22.5. The summed E-state index contributed by atoms with van der Waals surface area (Å²) < 4.78 is 1.77. The van der Waals surface area contributed by atoms with Crippen LogP contribution in [-0.2, 0) is 11.3 Å². The van der Waals surface area contributed by atoms with Crippen LogP contribution in [0.25, 0.3) is 10.9 Å². The number of ketones is 1. The molecule has 1 atom stereocenters. The molecule has 1 aromatic carbocycles. The second-order valence-corrected chi connectivity index (χ2v) is 4.69. The number of hydrogen-bond donors (Lipinski definition) is 0. The van der Waals surface area contributed by atoms with Crippen molar-refractivity contribution in [3.8, 4) is 0 Å². The summed E-state index contributed by atoms with van der Waals surface area (Å²) in [5.41, 5.74) is 0.804. The van der Waals surface area contributed by atoms with Crippen LogP contribution in [0, 0.1) is 16.0 Å². The Morgan fingerprint density at radius 3 is 2.79 bits per heavy atom. The molecule has 1 heterocycles. The summed E-state index contributed by atoms with van der Waals surface area (Å²) >= 11 is 0. The molecule has 0 bridgehead atoms. The van der Waals surface area contributed by atoms with E-state index in [1.54, 1.807) is 29.0 Å². The minimum atomic E-state index is -0.400. The molecule has 5 nitrogen and oxygen atoms in total. The third-order valence-corrected chi connectivity index (χ3v) is 3.48. The zero-order valence-corrected chi connectivity index (χ0v) is 11.0. The third-order valence-electron chi connectivity index (χ3n) is 3.48.